The predicted octanol–water partition coefficient (Wildman–Crippen LogP) is 6.15. The Balaban J connectivity index is 1.62. The zero-order chi connectivity index (χ0) is 26.0. The third kappa shape index (κ3) is 3.63. The van der Waals surface area contributed by atoms with E-state index >= 15 is 0 Å². The summed E-state index contributed by atoms with van der Waals surface area (Å²) < 4.78 is 2.63. The van der Waals surface area contributed by atoms with E-state index in [0.717, 1.165) is 21.3 Å². The van der Waals surface area contributed by atoms with Gasteiger partial charge in [-0.05, 0) is 67.8 Å². The van der Waals surface area contributed by atoms with E-state index in [4.69, 9.17) is 16.6 Å². The first kappa shape index (κ1) is 23.4. The number of pyridine rings is 1. The van der Waals surface area contributed by atoms with Crippen molar-refractivity contribution in [2.45, 2.75) is 26.8 Å². The minimum absolute atomic E-state index is 0.0202. The van der Waals surface area contributed by atoms with Crippen molar-refractivity contribution in [3.8, 4) is 0 Å². The lowest BCUT2D eigenvalue weighted by atomic mass is 9.96. The van der Waals surface area contributed by atoms with Gasteiger partial charge in [-0.15, -0.1) is 0 Å². The number of carbonyl (C=O) groups is 2. The van der Waals surface area contributed by atoms with E-state index in [1.807, 2.05) is 44.2 Å². The van der Waals surface area contributed by atoms with E-state index in [2.05, 4.69) is 4.98 Å². The number of hydrogen-bond donors (Lipinski definition) is 1. The van der Waals surface area contributed by atoms with Gasteiger partial charge in [0.15, 0.2) is 10.9 Å². The van der Waals surface area contributed by atoms with Crippen LogP contribution in [0.25, 0.3) is 21.6 Å². The summed E-state index contributed by atoms with van der Waals surface area (Å²) in [6.45, 7) is 5.73. The standard InChI is InChI=1S/C28H21ClN4O3S/c1-14-12-15(2)22-19(13-14)37-28(31-22)33-24(17-7-9-18(29)10-8-17)21(26(35)27(33)36)25(34)23-16(3)30-20-6-4-5-11-32(20)23/h4-13,24,34H,1-3H3/b25-21+. The molecule has 1 N–H and O–H groups in total. The number of thiazole rings is 1. The number of anilines is 1. The molecule has 37 heavy (non-hydrogen) atoms. The molecule has 0 bridgehead atoms. The van der Waals surface area contributed by atoms with Crippen molar-refractivity contribution < 1.29 is 14.7 Å². The fraction of sp³-hybridized carbons (Fsp3) is 0.143. The second-order valence-electron chi connectivity index (χ2n) is 9.12. The zero-order valence-electron chi connectivity index (χ0n) is 20.2. The molecule has 5 aromatic rings. The molecule has 1 fully saturated rings. The number of rotatable bonds is 3. The Bertz CT molecular complexity index is 1780. The Labute approximate surface area is 221 Å². The molecule has 6 rings (SSSR count). The molecule has 1 unspecified atom stereocenters. The number of benzene rings is 2. The average molecular weight is 529 g/mol. The summed E-state index contributed by atoms with van der Waals surface area (Å²) in [7, 11) is 0. The van der Waals surface area contributed by atoms with Crippen LogP contribution in [-0.2, 0) is 9.59 Å². The van der Waals surface area contributed by atoms with Gasteiger partial charge in [0, 0.05) is 11.2 Å². The Kier molecular flexibility index (Phi) is 5.40. The normalized spacial score (nSPS) is 17.4. The number of ketones is 1. The number of halogens is 1. The Morgan fingerprint density at radius 3 is 2.54 bits per heavy atom. The largest absolute Gasteiger partial charge is 0.505 e. The number of aliphatic hydroxyl groups excluding tert-OH is 1. The first-order chi connectivity index (χ1) is 17.7. The second kappa shape index (κ2) is 8.54. The van der Waals surface area contributed by atoms with E-state index in [0.29, 0.717) is 32.8 Å². The minimum Gasteiger partial charge on any atom is -0.505 e. The minimum atomic E-state index is -0.895. The van der Waals surface area contributed by atoms with E-state index in [1.165, 1.54) is 16.2 Å². The maximum absolute atomic E-state index is 13.6. The Morgan fingerprint density at radius 1 is 1.03 bits per heavy atom. The fourth-order valence-electron chi connectivity index (χ4n) is 4.98. The molecule has 1 aliphatic rings. The molecule has 9 heteroatoms. The van der Waals surface area contributed by atoms with Crippen molar-refractivity contribution in [3.63, 3.8) is 0 Å². The summed E-state index contributed by atoms with van der Waals surface area (Å²) >= 11 is 7.49. The molecule has 184 valence electrons. The van der Waals surface area contributed by atoms with Gasteiger partial charge in [0.05, 0.1) is 27.5 Å². The lowest BCUT2D eigenvalue weighted by molar-refractivity contribution is -0.132. The second-order valence-corrected chi connectivity index (χ2v) is 10.6. The van der Waals surface area contributed by atoms with E-state index < -0.39 is 17.7 Å². The number of carbonyl (C=O) groups excluding carboxylic acids is 2. The number of aromatic nitrogens is 3. The number of hydrogen-bond acceptors (Lipinski definition) is 6. The number of aliphatic hydroxyl groups is 1. The van der Waals surface area contributed by atoms with Gasteiger partial charge < -0.3 is 5.11 Å². The van der Waals surface area contributed by atoms with Crippen LogP contribution in [0.3, 0.4) is 0 Å². The van der Waals surface area contributed by atoms with Gasteiger partial charge in [-0.2, -0.15) is 0 Å². The molecule has 0 radical (unpaired) electrons. The van der Waals surface area contributed by atoms with Crippen LogP contribution in [0.2, 0.25) is 5.02 Å². The zero-order valence-corrected chi connectivity index (χ0v) is 21.8. The topological polar surface area (TPSA) is 87.8 Å². The first-order valence-electron chi connectivity index (χ1n) is 11.6. The molecule has 4 heterocycles. The lowest BCUT2D eigenvalue weighted by Crippen LogP contribution is -2.29. The molecule has 1 aliphatic heterocycles. The molecule has 1 saturated heterocycles. The third-order valence-electron chi connectivity index (χ3n) is 6.58. The quantitative estimate of drug-likeness (QED) is 0.172. The maximum atomic E-state index is 13.6. The summed E-state index contributed by atoms with van der Waals surface area (Å²) in [5.74, 6) is -1.82. The van der Waals surface area contributed by atoms with Crippen molar-refractivity contribution in [3.05, 3.63) is 99.5 Å². The smallest absolute Gasteiger partial charge is 0.301 e. The molecule has 0 aliphatic carbocycles. The molecule has 3 aromatic heterocycles. The number of fused-ring (bicyclic) bond motifs is 2. The van der Waals surface area contributed by atoms with Crippen LogP contribution in [0.15, 0.2) is 66.4 Å². The molecular weight excluding hydrogens is 508 g/mol. The van der Waals surface area contributed by atoms with Crippen LogP contribution in [0.1, 0.15) is 34.1 Å². The van der Waals surface area contributed by atoms with Gasteiger partial charge in [0.1, 0.15) is 11.3 Å². The number of imidazole rings is 1. The van der Waals surface area contributed by atoms with Crippen molar-refractivity contribution >= 4 is 61.4 Å². The first-order valence-corrected chi connectivity index (χ1v) is 12.8. The van der Waals surface area contributed by atoms with Crippen LogP contribution in [-0.4, -0.2) is 31.2 Å². The van der Waals surface area contributed by atoms with Gasteiger partial charge in [0.25, 0.3) is 5.78 Å². The van der Waals surface area contributed by atoms with Gasteiger partial charge in [0.2, 0.25) is 0 Å². The molecule has 2 aromatic carbocycles. The SMILES string of the molecule is Cc1cc(C)c2nc(N3C(=O)C(=O)/C(=C(/O)c4c(C)nc5ccccn45)C3c3ccc(Cl)cc3)sc2c1. The summed E-state index contributed by atoms with van der Waals surface area (Å²) in [6, 6.07) is 15.5. The van der Waals surface area contributed by atoms with Gasteiger partial charge in [-0.25, -0.2) is 9.97 Å². The maximum Gasteiger partial charge on any atom is 0.301 e. The molecule has 7 nitrogen and oxygen atoms in total. The summed E-state index contributed by atoms with van der Waals surface area (Å²) in [5.41, 5.74) is 4.98. The van der Waals surface area contributed by atoms with Gasteiger partial charge >= 0.3 is 5.91 Å². The highest BCUT2D eigenvalue weighted by Crippen LogP contribution is 2.45. The highest BCUT2D eigenvalue weighted by atomic mass is 35.5. The van der Waals surface area contributed by atoms with Gasteiger partial charge in [-0.1, -0.05) is 47.2 Å². The molecule has 1 amide bonds. The van der Waals surface area contributed by atoms with Crippen molar-refractivity contribution in [2.75, 3.05) is 4.90 Å². The Morgan fingerprint density at radius 2 is 1.78 bits per heavy atom. The summed E-state index contributed by atoms with van der Waals surface area (Å²) in [6.07, 6.45) is 1.76. The van der Waals surface area contributed by atoms with Crippen LogP contribution < -0.4 is 4.90 Å². The predicted molar refractivity (Wildman–Crippen MR) is 145 cm³/mol. The number of amides is 1. The molecular formula is C28H21ClN4O3S. The summed E-state index contributed by atoms with van der Waals surface area (Å²) in [5, 5.41) is 12.5. The van der Waals surface area contributed by atoms with Gasteiger partial charge in [-0.3, -0.25) is 18.9 Å². The van der Waals surface area contributed by atoms with Crippen molar-refractivity contribution in [1.82, 2.24) is 14.4 Å². The van der Waals surface area contributed by atoms with Crippen molar-refractivity contribution in [2.24, 2.45) is 0 Å². The third-order valence-corrected chi connectivity index (χ3v) is 7.84. The number of nitrogens with zero attached hydrogens (tertiary/aromatic N) is 4. The van der Waals surface area contributed by atoms with E-state index in [9.17, 15) is 14.7 Å². The molecule has 0 saturated carbocycles. The number of Topliss-reactive ketones (excluding diaryl/α,β-unsaturated/α-hetero) is 1. The highest BCUT2D eigenvalue weighted by molar-refractivity contribution is 7.22. The number of aryl methyl sites for hydroxylation is 3. The van der Waals surface area contributed by atoms with E-state index in [-0.39, 0.29) is 11.3 Å². The monoisotopic (exact) mass is 528 g/mol. The summed E-state index contributed by atoms with van der Waals surface area (Å²) in [4.78, 5) is 37.8. The van der Waals surface area contributed by atoms with Crippen molar-refractivity contribution in [1.29, 1.82) is 0 Å². The molecule has 0 spiro atoms. The van der Waals surface area contributed by atoms with Crippen LogP contribution in [0, 0.1) is 20.8 Å². The van der Waals surface area contributed by atoms with E-state index in [1.54, 1.807) is 41.8 Å². The fourth-order valence-corrected chi connectivity index (χ4v) is 6.27. The van der Waals surface area contributed by atoms with Crippen LogP contribution in [0.5, 0.6) is 0 Å². The van der Waals surface area contributed by atoms with Crippen LogP contribution >= 0.6 is 22.9 Å². The van der Waals surface area contributed by atoms with Crippen LogP contribution in [0.4, 0.5) is 5.13 Å². The average Bonchev–Trinajstić information content (AvgIpc) is 3.51. The Hall–Kier alpha value is -4.01. The highest BCUT2D eigenvalue weighted by Gasteiger charge is 2.48. The lowest BCUT2D eigenvalue weighted by Gasteiger charge is -2.23. The molecule has 1 atom stereocenters.